The third-order valence-electron chi connectivity index (χ3n) is 4.59. The summed E-state index contributed by atoms with van der Waals surface area (Å²) in [5, 5.41) is 9.31. The first-order chi connectivity index (χ1) is 9.84. The van der Waals surface area contributed by atoms with E-state index in [-0.39, 0.29) is 12.3 Å². The molecule has 0 spiro atoms. The van der Waals surface area contributed by atoms with E-state index in [9.17, 15) is 14.7 Å². The molecule has 0 heterocycles. The fraction of sp³-hybridized carbons (Fsp3) is 0.529. The number of carbonyl (C=O) groups is 2. The van der Waals surface area contributed by atoms with E-state index in [1.54, 1.807) is 11.9 Å². The Balaban J connectivity index is 2.03. The van der Waals surface area contributed by atoms with Crippen LogP contribution >= 0.6 is 0 Å². The van der Waals surface area contributed by atoms with Gasteiger partial charge in [-0.15, -0.1) is 0 Å². The number of carbonyl (C=O) groups excluding carboxylic acids is 1. The molecule has 0 unspecified atom stereocenters. The number of rotatable bonds is 5. The Morgan fingerprint density at radius 2 is 1.95 bits per heavy atom. The molecular formula is C17H23NO3. The van der Waals surface area contributed by atoms with Crippen molar-refractivity contribution >= 4 is 11.9 Å². The minimum Gasteiger partial charge on any atom is -0.481 e. The topological polar surface area (TPSA) is 57.6 Å². The molecule has 1 aromatic rings. The molecule has 1 aromatic carbocycles. The first-order valence-electron chi connectivity index (χ1n) is 7.37. The molecule has 0 aromatic heterocycles. The van der Waals surface area contributed by atoms with Crippen LogP contribution in [-0.4, -0.2) is 28.9 Å². The zero-order valence-corrected chi connectivity index (χ0v) is 13.0. The Kier molecular flexibility index (Phi) is 4.35. The predicted molar refractivity (Wildman–Crippen MR) is 80.9 cm³/mol. The number of carboxylic acid groups (broad SMARTS) is 1. The number of aliphatic carboxylic acids is 1. The molecule has 21 heavy (non-hydrogen) atoms. The first kappa shape index (κ1) is 15.5. The van der Waals surface area contributed by atoms with Gasteiger partial charge in [-0.2, -0.15) is 0 Å². The van der Waals surface area contributed by atoms with Crippen LogP contribution in [0.4, 0.5) is 0 Å². The molecule has 0 saturated heterocycles. The van der Waals surface area contributed by atoms with Crippen molar-refractivity contribution in [1.29, 1.82) is 0 Å². The molecule has 0 bridgehead atoms. The number of aryl methyl sites for hydroxylation is 2. The van der Waals surface area contributed by atoms with Crippen molar-refractivity contribution in [2.45, 2.75) is 46.1 Å². The fourth-order valence-corrected chi connectivity index (χ4v) is 2.81. The molecule has 2 rings (SSSR count). The lowest BCUT2D eigenvalue weighted by atomic mass is 9.66. The minimum atomic E-state index is -0.831. The summed E-state index contributed by atoms with van der Waals surface area (Å²) in [5.41, 5.74) is 2.62. The Morgan fingerprint density at radius 1 is 1.29 bits per heavy atom. The summed E-state index contributed by atoms with van der Waals surface area (Å²) >= 11 is 0. The second-order valence-electron chi connectivity index (χ2n) is 6.30. The Labute approximate surface area is 125 Å². The van der Waals surface area contributed by atoms with Gasteiger partial charge in [0.25, 0.3) is 0 Å². The molecule has 1 aliphatic carbocycles. The lowest BCUT2D eigenvalue weighted by Crippen LogP contribution is -2.42. The quantitative estimate of drug-likeness (QED) is 0.906. The Hall–Kier alpha value is -1.84. The van der Waals surface area contributed by atoms with Crippen molar-refractivity contribution in [2.24, 2.45) is 5.41 Å². The maximum atomic E-state index is 12.3. The zero-order chi connectivity index (χ0) is 15.6. The molecule has 114 valence electrons. The van der Waals surface area contributed by atoms with Gasteiger partial charge in [0.2, 0.25) is 5.91 Å². The van der Waals surface area contributed by atoms with E-state index in [2.05, 4.69) is 12.1 Å². The summed E-state index contributed by atoms with van der Waals surface area (Å²) < 4.78 is 0. The van der Waals surface area contributed by atoms with Crippen LogP contribution < -0.4 is 0 Å². The highest BCUT2D eigenvalue weighted by Crippen LogP contribution is 2.44. The van der Waals surface area contributed by atoms with Crippen LogP contribution in [0.1, 0.15) is 42.4 Å². The van der Waals surface area contributed by atoms with E-state index < -0.39 is 11.4 Å². The monoisotopic (exact) mass is 289 g/mol. The molecule has 0 aliphatic heterocycles. The summed E-state index contributed by atoms with van der Waals surface area (Å²) in [4.78, 5) is 25.3. The van der Waals surface area contributed by atoms with E-state index in [4.69, 9.17) is 0 Å². The smallest absolute Gasteiger partial charge is 0.310 e. The first-order valence-corrected chi connectivity index (χ1v) is 7.37. The summed E-state index contributed by atoms with van der Waals surface area (Å²) in [6, 6.07) is 6.18. The fourth-order valence-electron chi connectivity index (χ4n) is 2.81. The molecule has 1 amide bonds. The standard InChI is InChI=1S/C17H23NO3/c1-12-5-6-13(2)14(9-12)11-18(3)15(19)10-17(16(20)21)7-4-8-17/h5-6,9H,4,7-8,10-11H2,1-3H3,(H,20,21). The molecule has 1 aliphatic rings. The molecule has 4 nitrogen and oxygen atoms in total. The molecule has 4 heteroatoms. The predicted octanol–water partition coefficient (Wildman–Crippen LogP) is 2.91. The van der Waals surface area contributed by atoms with Crippen LogP contribution in [0.3, 0.4) is 0 Å². The average Bonchev–Trinajstić information content (AvgIpc) is 2.37. The van der Waals surface area contributed by atoms with Crippen LogP contribution in [0.25, 0.3) is 0 Å². The second kappa shape index (κ2) is 5.88. The lowest BCUT2D eigenvalue weighted by molar-refractivity contribution is -0.159. The molecule has 1 fully saturated rings. The lowest BCUT2D eigenvalue weighted by Gasteiger charge is -2.38. The number of benzene rings is 1. The van der Waals surface area contributed by atoms with Gasteiger partial charge in [0.1, 0.15) is 0 Å². The number of amides is 1. The Bertz CT molecular complexity index is 561. The van der Waals surface area contributed by atoms with Crippen LogP contribution in [0.5, 0.6) is 0 Å². The van der Waals surface area contributed by atoms with Crippen LogP contribution in [-0.2, 0) is 16.1 Å². The van der Waals surface area contributed by atoms with Crippen LogP contribution in [0, 0.1) is 19.3 Å². The zero-order valence-electron chi connectivity index (χ0n) is 13.0. The van der Waals surface area contributed by atoms with Crippen LogP contribution in [0.15, 0.2) is 18.2 Å². The summed E-state index contributed by atoms with van der Waals surface area (Å²) in [6.45, 7) is 4.58. The van der Waals surface area contributed by atoms with Gasteiger partial charge in [-0.3, -0.25) is 9.59 Å². The van der Waals surface area contributed by atoms with E-state index in [0.29, 0.717) is 19.4 Å². The number of nitrogens with zero attached hydrogens (tertiary/aromatic N) is 1. The second-order valence-corrected chi connectivity index (χ2v) is 6.30. The number of hydrogen-bond acceptors (Lipinski definition) is 2. The van der Waals surface area contributed by atoms with Gasteiger partial charge in [0.15, 0.2) is 0 Å². The molecular weight excluding hydrogens is 266 g/mol. The van der Waals surface area contributed by atoms with Crippen molar-refractivity contribution in [3.8, 4) is 0 Å². The third kappa shape index (κ3) is 3.26. The van der Waals surface area contributed by atoms with Crippen molar-refractivity contribution in [3.05, 3.63) is 34.9 Å². The van der Waals surface area contributed by atoms with Gasteiger partial charge in [0, 0.05) is 20.0 Å². The van der Waals surface area contributed by atoms with Gasteiger partial charge >= 0.3 is 5.97 Å². The maximum Gasteiger partial charge on any atom is 0.310 e. The summed E-state index contributed by atoms with van der Waals surface area (Å²) in [7, 11) is 1.75. The average molecular weight is 289 g/mol. The normalized spacial score (nSPS) is 16.1. The summed E-state index contributed by atoms with van der Waals surface area (Å²) in [6.07, 6.45) is 2.25. The SMILES string of the molecule is Cc1ccc(C)c(CN(C)C(=O)CC2(C(=O)O)CCC2)c1. The van der Waals surface area contributed by atoms with Crippen molar-refractivity contribution in [1.82, 2.24) is 4.90 Å². The largest absolute Gasteiger partial charge is 0.481 e. The summed E-state index contributed by atoms with van der Waals surface area (Å²) in [5.74, 6) is -0.916. The highest BCUT2D eigenvalue weighted by molar-refractivity contribution is 5.85. The van der Waals surface area contributed by atoms with Gasteiger partial charge in [-0.05, 0) is 37.8 Å². The van der Waals surface area contributed by atoms with Crippen molar-refractivity contribution < 1.29 is 14.7 Å². The van der Waals surface area contributed by atoms with Crippen molar-refractivity contribution in [2.75, 3.05) is 7.05 Å². The number of carboxylic acids is 1. The van der Waals surface area contributed by atoms with Gasteiger partial charge in [-0.1, -0.05) is 30.2 Å². The maximum absolute atomic E-state index is 12.3. The van der Waals surface area contributed by atoms with E-state index in [1.807, 2.05) is 19.9 Å². The molecule has 1 saturated carbocycles. The third-order valence-corrected chi connectivity index (χ3v) is 4.59. The van der Waals surface area contributed by atoms with E-state index in [0.717, 1.165) is 23.1 Å². The van der Waals surface area contributed by atoms with Crippen molar-refractivity contribution in [3.63, 3.8) is 0 Å². The van der Waals surface area contributed by atoms with Crippen LogP contribution in [0.2, 0.25) is 0 Å². The van der Waals surface area contributed by atoms with Gasteiger partial charge in [0.05, 0.1) is 5.41 Å². The minimum absolute atomic E-state index is 0.0852. The molecule has 1 N–H and O–H groups in total. The molecule has 0 atom stereocenters. The van der Waals surface area contributed by atoms with E-state index >= 15 is 0 Å². The highest BCUT2D eigenvalue weighted by Gasteiger charge is 2.46. The van der Waals surface area contributed by atoms with Gasteiger partial charge < -0.3 is 10.0 Å². The van der Waals surface area contributed by atoms with E-state index in [1.165, 1.54) is 0 Å². The van der Waals surface area contributed by atoms with Gasteiger partial charge in [-0.25, -0.2) is 0 Å². The number of hydrogen-bond donors (Lipinski definition) is 1. The Morgan fingerprint density at radius 3 is 2.48 bits per heavy atom. The highest BCUT2D eigenvalue weighted by atomic mass is 16.4. The molecule has 0 radical (unpaired) electrons.